The Labute approximate surface area is 91.0 Å². The van der Waals surface area contributed by atoms with Crippen molar-refractivity contribution in [1.82, 2.24) is 4.98 Å². The van der Waals surface area contributed by atoms with Crippen LogP contribution in [0.4, 0.5) is 0 Å². The number of halogens is 3. The van der Waals surface area contributed by atoms with Gasteiger partial charge < -0.3 is 0 Å². The monoisotopic (exact) mass is 340 g/mol. The first-order valence-electron chi connectivity index (χ1n) is 2.90. The number of hydrogen-bond donors (Lipinski definition) is 0. The van der Waals surface area contributed by atoms with E-state index in [1.54, 1.807) is 12.4 Å². The van der Waals surface area contributed by atoms with Crippen LogP contribution in [0.2, 0.25) is 0 Å². The molecule has 0 unspecified atom stereocenters. The lowest BCUT2D eigenvalue weighted by Gasteiger charge is -2.09. The number of rotatable bonds is 1. The van der Waals surface area contributed by atoms with Gasteiger partial charge in [0.2, 0.25) is 0 Å². The molecule has 0 atom stereocenters. The molecular weight excluding hydrogens is 338 g/mol. The van der Waals surface area contributed by atoms with Gasteiger partial charge in [0.15, 0.2) is 0 Å². The lowest BCUT2D eigenvalue weighted by Crippen LogP contribution is -2.00. The first-order valence-corrected chi connectivity index (χ1v) is 5.28. The van der Waals surface area contributed by atoms with Crippen LogP contribution in [0.25, 0.3) is 0 Å². The van der Waals surface area contributed by atoms with Crippen molar-refractivity contribution < 1.29 is 0 Å². The van der Waals surface area contributed by atoms with Crippen LogP contribution in [0.3, 0.4) is 0 Å². The van der Waals surface area contributed by atoms with Crippen LogP contribution >= 0.6 is 47.8 Å². The van der Waals surface area contributed by atoms with Crippen molar-refractivity contribution in [2.75, 3.05) is 0 Å². The molecule has 0 spiro atoms. The lowest BCUT2D eigenvalue weighted by molar-refractivity contribution is 1.25. The summed E-state index contributed by atoms with van der Waals surface area (Å²) < 4.78 is -0.323. The molecule has 11 heavy (non-hydrogen) atoms. The van der Waals surface area contributed by atoms with Crippen LogP contribution < -0.4 is 0 Å². The number of nitrogens with zero attached hydrogens (tertiary/aromatic N) is 1. The fourth-order valence-electron chi connectivity index (χ4n) is 0.650. The zero-order valence-electron chi connectivity index (χ0n) is 5.47. The highest BCUT2D eigenvalue weighted by Crippen LogP contribution is 2.38. The van der Waals surface area contributed by atoms with E-state index in [-0.39, 0.29) is 2.14 Å². The van der Waals surface area contributed by atoms with Crippen molar-refractivity contribution in [1.29, 1.82) is 0 Å². The summed E-state index contributed by atoms with van der Waals surface area (Å²) in [5.41, 5.74) is 1.05. The quantitative estimate of drug-likeness (QED) is 0.712. The Hall–Kier alpha value is 0.590. The Bertz CT molecular complexity index is 217. The molecule has 1 nitrogen and oxygen atoms in total. The van der Waals surface area contributed by atoms with Crippen LogP contribution in [0.1, 0.15) is 5.56 Å². The summed E-state index contributed by atoms with van der Waals surface area (Å²) in [5.74, 6) is 0. The zero-order chi connectivity index (χ0) is 8.32. The van der Waals surface area contributed by atoms with Gasteiger partial charge in [-0.25, -0.2) is 0 Å². The zero-order valence-corrected chi connectivity index (χ0v) is 10.2. The summed E-state index contributed by atoms with van der Waals surface area (Å²) in [6, 6.07) is 3.87. The van der Waals surface area contributed by atoms with Gasteiger partial charge in [-0.1, -0.05) is 53.9 Å². The smallest absolute Gasteiger partial charge is 0.142 e. The Morgan fingerprint density at radius 2 is 2.09 bits per heavy atom. The largest absolute Gasteiger partial charge is 0.264 e. The molecule has 1 radical (unpaired) electrons. The Kier molecular flexibility index (Phi) is 3.52. The van der Waals surface area contributed by atoms with Crippen LogP contribution in [0, 0.1) is 6.42 Å². The molecule has 0 aliphatic rings. The van der Waals surface area contributed by atoms with E-state index in [9.17, 15) is 0 Å². The van der Waals surface area contributed by atoms with Crippen molar-refractivity contribution in [3.05, 3.63) is 36.5 Å². The molecule has 1 heterocycles. The molecule has 0 saturated heterocycles. The van der Waals surface area contributed by atoms with Gasteiger partial charge in [-0.2, -0.15) is 0 Å². The predicted octanol–water partition coefficient (Wildman–Crippen LogP) is 3.47. The molecule has 0 aromatic carbocycles. The second-order valence-corrected chi connectivity index (χ2v) is 8.92. The molecule has 0 N–H and O–H groups in total. The van der Waals surface area contributed by atoms with E-state index in [0.717, 1.165) is 5.56 Å². The minimum absolute atomic E-state index is 0.323. The highest BCUT2D eigenvalue weighted by atomic mass is 80.0. The van der Waals surface area contributed by atoms with Crippen LogP contribution in [-0.4, -0.2) is 7.13 Å². The average molecular weight is 343 g/mol. The Balaban J connectivity index is 2.66. The van der Waals surface area contributed by atoms with Crippen molar-refractivity contribution in [3.8, 4) is 0 Å². The van der Waals surface area contributed by atoms with Gasteiger partial charge in [0.25, 0.3) is 0 Å². The number of pyridine rings is 1. The number of alkyl halides is 3. The highest BCUT2D eigenvalue weighted by molar-refractivity contribution is 9.39. The van der Waals surface area contributed by atoms with Crippen molar-refractivity contribution >= 4 is 47.8 Å². The second kappa shape index (κ2) is 4.01. The molecule has 0 aliphatic heterocycles. The standard InChI is InChI=1S/C7H5Br3N/c8-7(9,10)4-6-2-1-3-11-5-6/h1-5H. The third-order valence-corrected chi connectivity index (χ3v) is 1.70. The third kappa shape index (κ3) is 4.23. The number of aromatic nitrogens is 1. The molecule has 0 bridgehead atoms. The van der Waals surface area contributed by atoms with Crippen LogP contribution in [-0.2, 0) is 0 Å². The topological polar surface area (TPSA) is 12.9 Å². The first kappa shape index (κ1) is 9.68. The van der Waals surface area contributed by atoms with Crippen molar-refractivity contribution in [3.63, 3.8) is 0 Å². The van der Waals surface area contributed by atoms with Crippen molar-refractivity contribution in [2.24, 2.45) is 0 Å². The third-order valence-electron chi connectivity index (χ3n) is 1.01. The maximum atomic E-state index is 3.98. The SMILES string of the molecule is BrC(Br)(Br)[CH]c1cccnc1. The summed E-state index contributed by atoms with van der Waals surface area (Å²) >= 11 is 10.1. The molecular formula is C7H5Br3N. The molecule has 0 aliphatic carbocycles. The summed E-state index contributed by atoms with van der Waals surface area (Å²) in [7, 11) is 0. The van der Waals surface area contributed by atoms with Crippen LogP contribution in [0.5, 0.6) is 0 Å². The molecule has 0 amide bonds. The maximum absolute atomic E-state index is 3.98. The summed E-state index contributed by atoms with van der Waals surface area (Å²) in [6.07, 6.45) is 5.49. The maximum Gasteiger partial charge on any atom is 0.142 e. The fourth-order valence-corrected chi connectivity index (χ4v) is 1.44. The summed E-state index contributed by atoms with van der Waals surface area (Å²) in [6.45, 7) is 0. The highest BCUT2D eigenvalue weighted by Gasteiger charge is 2.18. The molecule has 4 heteroatoms. The van der Waals surface area contributed by atoms with E-state index in [4.69, 9.17) is 0 Å². The van der Waals surface area contributed by atoms with E-state index in [1.807, 2.05) is 18.6 Å². The predicted molar refractivity (Wildman–Crippen MR) is 57.2 cm³/mol. The van der Waals surface area contributed by atoms with E-state index in [2.05, 4.69) is 52.8 Å². The molecule has 0 fully saturated rings. The minimum atomic E-state index is -0.323. The second-order valence-electron chi connectivity index (χ2n) is 1.97. The van der Waals surface area contributed by atoms with E-state index < -0.39 is 0 Å². The Morgan fingerprint density at radius 3 is 2.55 bits per heavy atom. The van der Waals surface area contributed by atoms with Gasteiger partial charge in [-0.05, 0) is 11.6 Å². The summed E-state index contributed by atoms with van der Waals surface area (Å²) in [5, 5.41) is 0. The lowest BCUT2D eigenvalue weighted by atomic mass is 10.2. The molecule has 1 aromatic heterocycles. The molecule has 1 rings (SSSR count). The van der Waals surface area contributed by atoms with Crippen molar-refractivity contribution in [2.45, 2.75) is 2.14 Å². The molecule has 0 saturated carbocycles. The van der Waals surface area contributed by atoms with Crippen LogP contribution in [0.15, 0.2) is 24.5 Å². The summed E-state index contributed by atoms with van der Waals surface area (Å²) in [4.78, 5) is 3.98. The van der Waals surface area contributed by atoms with E-state index in [0.29, 0.717) is 0 Å². The Morgan fingerprint density at radius 1 is 1.36 bits per heavy atom. The molecule has 1 aromatic rings. The van der Waals surface area contributed by atoms with Gasteiger partial charge in [0.1, 0.15) is 2.14 Å². The van der Waals surface area contributed by atoms with E-state index >= 15 is 0 Å². The van der Waals surface area contributed by atoms with E-state index in [1.165, 1.54) is 0 Å². The minimum Gasteiger partial charge on any atom is -0.264 e. The first-order chi connectivity index (χ1) is 5.08. The normalized spacial score (nSPS) is 11.5. The van der Waals surface area contributed by atoms with Gasteiger partial charge in [-0.3, -0.25) is 4.98 Å². The average Bonchev–Trinajstić information content (AvgIpc) is 1.85. The fraction of sp³-hybridized carbons (Fsp3) is 0.143. The van der Waals surface area contributed by atoms with Gasteiger partial charge >= 0.3 is 0 Å². The number of hydrogen-bond acceptors (Lipinski definition) is 1. The van der Waals surface area contributed by atoms with Gasteiger partial charge in [-0.15, -0.1) is 0 Å². The van der Waals surface area contributed by atoms with Gasteiger partial charge in [0, 0.05) is 18.8 Å². The van der Waals surface area contributed by atoms with Gasteiger partial charge in [0.05, 0.1) is 0 Å². The molecule has 59 valence electrons.